The number of hydrogen-bond donors (Lipinski definition) is 1. The summed E-state index contributed by atoms with van der Waals surface area (Å²) in [5, 5.41) is 7.33. The van der Waals surface area contributed by atoms with Crippen LogP contribution in [0.5, 0.6) is 0 Å². The Morgan fingerprint density at radius 3 is 2.70 bits per heavy atom. The summed E-state index contributed by atoms with van der Waals surface area (Å²) in [4.78, 5) is 0. The van der Waals surface area contributed by atoms with Crippen LogP contribution in [0.2, 0.25) is 0 Å². The molecule has 0 amide bonds. The van der Waals surface area contributed by atoms with E-state index in [0.717, 1.165) is 6.42 Å². The van der Waals surface area contributed by atoms with Gasteiger partial charge in [0.15, 0.2) is 0 Å². The molecule has 0 radical (unpaired) electrons. The van der Waals surface area contributed by atoms with Crippen molar-refractivity contribution in [2.24, 2.45) is 5.92 Å². The first-order valence-corrected chi connectivity index (χ1v) is 3.90. The first kappa shape index (κ1) is 9.41. The third-order valence-corrected chi connectivity index (χ3v) is 1.60. The summed E-state index contributed by atoms with van der Waals surface area (Å²) in [7, 11) is 0. The van der Waals surface area contributed by atoms with Crippen molar-refractivity contribution in [1.82, 2.24) is 0 Å². The summed E-state index contributed by atoms with van der Waals surface area (Å²) in [6.45, 7) is 7.91. The molecule has 0 spiro atoms. The zero-order valence-electron chi connectivity index (χ0n) is 6.98. The Balaban J connectivity index is 3.46. The molecule has 1 unspecified atom stereocenters. The first-order chi connectivity index (χ1) is 4.70. The van der Waals surface area contributed by atoms with Crippen molar-refractivity contribution in [3.05, 3.63) is 12.7 Å². The summed E-state index contributed by atoms with van der Waals surface area (Å²) in [5.74, 6) is 0.649. The fourth-order valence-electron chi connectivity index (χ4n) is 1.05. The van der Waals surface area contributed by atoms with Gasteiger partial charge in [-0.05, 0) is 18.4 Å². The SMILES string of the molecule is C=CC(=N)CC(C)CCC. The lowest BCUT2D eigenvalue weighted by Crippen LogP contribution is -2.00. The number of hydrogen-bond acceptors (Lipinski definition) is 1. The Bertz CT molecular complexity index is 116. The van der Waals surface area contributed by atoms with Crippen LogP contribution < -0.4 is 0 Å². The molecule has 0 aliphatic heterocycles. The van der Waals surface area contributed by atoms with Crippen molar-refractivity contribution in [2.75, 3.05) is 0 Å². The molecule has 0 saturated heterocycles. The lowest BCUT2D eigenvalue weighted by molar-refractivity contribution is 0.544. The van der Waals surface area contributed by atoms with Crippen LogP contribution >= 0.6 is 0 Å². The van der Waals surface area contributed by atoms with Gasteiger partial charge in [-0.25, -0.2) is 0 Å². The summed E-state index contributed by atoms with van der Waals surface area (Å²) in [6, 6.07) is 0. The van der Waals surface area contributed by atoms with Crippen LogP contribution in [0.25, 0.3) is 0 Å². The predicted octanol–water partition coefficient (Wildman–Crippen LogP) is 3.02. The lowest BCUT2D eigenvalue weighted by Gasteiger charge is -2.07. The van der Waals surface area contributed by atoms with E-state index in [1.54, 1.807) is 6.08 Å². The minimum Gasteiger partial charge on any atom is -0.305 e. The third-order valence-electron chi connectivity index (χ3n) is 1.60. The van der Waals surface area contributed by atoms with E-state index < -0.39 is 0 Å². The largest absolute Gasteiger partial charge is 0.305 e. The van der Waals surface area contributed by atoms with Gasteiger partial charge in [-0.15, -0.1) is 0 Å². The van der Waals surface area contributed by atoms with Gasteiger partial charge in [-0.3, -0.25) is 0 Å². The lowest BCUT2D eigenvalue weighted by atomic mass is 9.99. The molecule has 0 fully saturated rings. The molecule has 58 valence electrons. The summed E-state index contributed by atoms with van der Waals surface area (Å²) >= 11 is 0. The predicted molar refractivity (Wildman–Crippen MR) is 46.6 cm³/mol. The van der Waals surface area contributed by atoms with Crippen molar-refractivity contribution < 1.29 is 0 Å². The second-order valence-corrected chi connectivity index (χ2v) is 2.83. The van der Waals surface area contributed by atoms with Crippen molar-refractivity contribution in [3.8, 4) is 0 Å². The van der Waals surface area contributed by atoms with E-state index in [-0.39, 0.29) is 0 Å². The van der Waals surface area contributed by atoms with Crippen molar-refractivity contribution >= 4 is 5.71 Å². The standard InChI is InChI=1S/C9H17N/c1-4-6-8(3)7-9(10)5-2/h5,8,10H,2,4,6-7H2,1,3H3. The van der Waals surface area contributed by atoms with Crippen molar-refractivity contribution in [3.63, 3.8) is 0 Å². The highest BCUT2D eigenvalue weighted by Gasteiger charge is 2.01. The van der Waals surface area contributed by atoms with E-state index in [1.807, 2.05) is 0 Å². The topological polar surface area (TPSA) is 23.9 Å². The number of allylic oxidation sites excluding steroid dienone is 1. The number of rotatable bonds is 5. The van der Waals surface area contributed by atoms with Crippen LogP contribution in [0.4, 0.5) is 0 Å². The van der Waals surface area contributed by atoms with Gasteiger partial charge in [-0.1, -0.05) is 33.3 Å². The van der Waals surface area contributed by atoms with Gasteiger partial charge in [0.05, 0.1) is 0 Å². The second kappa shape index (κ2) is 5.21. The van der Waals surface area contributed by atoms with E-state index >= 15 is 0 Å². The van der Waals surface area contributed by atoms with Gasteiger partial charge in [0.2, 0.25) is 0 Å². The zero-order chi connectivity index (χ0) is 7.98. The van der Waals surface area contributed by atoms with E-state index in [0.29, 0.717) is 11.6 Å². The number of nitrogens with one attached hydrogen (secondary N) is 1. The average molecular weight is 139 g/mol. The highest BCUT2D eigenvalue weighted by Crippen LogP contribution is 2.10. The molecule has 0 aliphatic carbocycles. The summed E-state index contributed by atoms with van der Waals surface area (Å²) in [5.41, 5.74) is 0.668. The Morgan fingerprint density at radius 1 is 1.70 bits per heavy atom. The maximum Gasteiger partial charge on any atom is 0.0310 e. The molecule has 0 aliphatic rings. The fraction of sp³-hybridized carbons (Fsp3) is 0.667. The molecular weight excluding hydrogens is 122 g/mol. The van der Waals surface area contributed by atoms with Crippen molar-refractivity contribution in [2.45, 2.75) is 33.1 Å². The van der Waals surface area contributed by atoms with Gasteiger partial charge >= 0.3 is 0 Å². The quantitative estimate of drug-likeness (QED) is 0.566. The van der Waals surface area contributed by atoms with E-state index in [9.17, 15) is 0 Å². The van der Waals surface area contributed by atoms with Crippen molar-refractivity contribution in [1.29, 1.82) is 5.41 Å². The van der Waals surface area contributed by atoms with E-state index in [1.165, 1.54) is 12.8 Å². The van der Waals surface area contributed by atoms with E-state index in [2.05, 4.69) is 20.4 Å². The molecule has 1 heteroatoms. The zero-order valence-corrected chi connectivity index (χ0v) is 6.98. The van der Waals surface area contributed by atoms with Gasteiger partial charge in [-0.2, -0.15) is 0 Å². The summed E-state index contributed by atoms with van der Waals surface area (Å²) in [6.07, 6.45) is 4.95. The van der Waals surface area contributed by atoms with Gasteiger partial charge < -0.3 is 5.41 Å². The first-order valence-electron chi connectivity index (χ1n) is 3.90. The molecule has 10 heavy (non-hydrogen) atoms. The highest BCUT2D eigenvalue weighted by molar-refractivity contribution is 5.91. The molecule has 0 bridgehead atoms. The van der Waals surface area contributed by atoms with Crippen LogP contribution in [-0.4, -0.2) is 5.71 Å². The molecule has 0 heterocycles. The monoisotopic (exact) mass is 139 g/mol. The van der Waals surface area contributed by atoms with Crippen LogP contribution in [0, 0.1) is 11.3 Å². The third kappa shape index (κ3) is 4.30. The molecule has 0 aromatic carbocycles. The minimum absolute atomic E-state index is 0.649. The highest BCUT2D eigenvalue weighted by atomic mass is 14.4. The molecule has 0 aromatic rings. The molecule has 1 N–H and O–H groups in total. The maximum atomic E-state index is 7.33. The average Bonchev–Trinajstić information content (AvgIpc) is 1.88. The van der Waals surface area contributed by atoms with Crippen LogP contribution in [0.1, 0.15) is 33.1 Å². The smallest absolute Gasteiger partial charge is 0.0310 e. The van der Waals surface area contributed by atoms with Crippen LogP contribution in [-0.2, 0) is 0 Å². The molecule has 1 nitrogen and oxygen atoms in total. The maximum absolute atomic E-state index is 7.33. The van der Waals surface area contributed by atoms with Crippen LogP contribution in [0.15, 0.2) is 12.7 Å². The molecule has 1 atom stereocenters. The van der Waals surface area contributed by atoms with Gasteiger partial charge in [0.1, 0.15) is 0 Å². The van der Waals surface area contributed by atoms with Crippen LogP contribution in [0.3, 0.4) is 0 Å². The molecule has 0 aromatic heterocycles. The second-order valence-electron chi connectivity index (χ2n) is 2.83. The summed E-state index contributed by atoms with van der Waals surface area (Å²) < 4.78 is 0. The Labute approximate surface area is 63.7 Å². The minimum atomic E-state index is 0.649. The molecule has 0 rings (SSSR count). The molecular formula is C9H17N. The van der Waals surface area contributed by atoms with Gasteiger partial charge in [0, 0.05) is 5.71 Å². The normalized spacial score (nSPS) is 12.6. The Kier molecular flexibility index (Phi) is 4.91. The Morgan fingerprint density at radius 2 is 2.30 bits per heavy atom. The van der Waals surface area contributed by atoms with Gasteiger partial charge in [0.25, 0.3) is 0 Å². The fourth-order valence-corrected chi connectivity index (χ4v) is 1.05. The molecule has 0 saturated carbocycles. The van der Waals surface area contributed by atoms with E-state index in [4.69, 9.17) is 5.41 Å². The Hall–Kier alpha value is -0.590.